The maximum Gasteiger partial charge on any atom is 0.119 e. The first-order valence-electron chi connectivity index (χ1n) is 7.60. The molecular weight excluding hydrogens is 262 g/mol. The number of benzene rings is 1. The first kappa shape index (κ1) is 15.6. The summed E-state index contributed by atoms with van der Waals surface area (Å²) in [7, 11) is 1.97. The Morgan fingerprint density at radius 2 is 1.95 bits per heavy atom. The third kappa shape index (κ3) is 4.60. The van der Waals surface area contributed by atoms with Crippen LogP contribution in [-0.4, -0.2) is 16.4 Å². The zero-order valence-electron chi connectivity index (χ0n) is 13.2. The Morgan fingerprint density at radius 3 is 2.57 bits per heavy atom. The van der Waals surface area contributed by atoms with Gasteiger partial charge in [-0.3, -0.25) is 4.68 Å². The van der Waals surface area contributed by atoms with Crippen LogP contribution in [-0.2, 0) is 20.1 Å². The molecule has 0 saturated heterocycles. The van der Waals surface area contributed by atoms with E-state index in [2.05, 4.69) is 36.4 Å². The summed E-state index contributed by atoms with van der Waals surface area (Å²) in [5.41, 5.74) is 3.72. The number of hydrogen-bond donors (Lipinski definition) is 1. The first-order valence-corrected chi connectivity index (χ1v) is 7.60. The van der Waals surface area contributed by atoms with Gasteiger partial charge in [0.05, 0.1) is 12.8 Å². The minimum absolute atomic E-state index is 0.800. The van der Waals surface area contributed by atoms with E-state index in [9.17, 15) is 0 Å². The van der Waals surface area contributed by atoms with Crippen LogP contribution < -0.4 is 10.1 Å². The van der Waals surface area contributed by atoms with E-state index in [-0.39, 0.29) is 0 Å². The molecule has 1 aromatic carbocycles. The van der Waals surface area contributed by atoms with Crippen molar-refractivity contribution in [2.45, 2.75) is 39.8 Å². The normalized spacial score (nSPS) is 10.8. The predicted molar refractivity (Wildman–Crippen MR) is 85.3 cm³/mol. The molecule has 0 aliphatic rings. The minimum atomic E-state index is 0.800. The summed E-state index contributed by atoms with van der Waals surface area (Å²) in [6, 6.07) is 8.32. The van der Waals surface area contributed by atoms with Crippen LogP contribution in [0.4, 0.5) is 0 Å². The molecule has 0 radical (unpaired) electrons. The van der Waals surface area contributed by atoms with Crippen molar-refractivity contribution in [2.24, 2.45) is 7.05 Å². The smallest absolute Gasteiger partial charge is 0.119 e. The van der Waals surface area contributed by atoms with E-state index in [0.29, 0.717) is 0 Å². The minimum Gasteiger partial charge on any atom is -0.494 e. The number of nitrogens with one attached hydrogen (secondary N) is 1. The van der Waals surface area contributed by atoms with E-state index in [0.717, 1.165) is 38.3 Å². The van der Waals surface area contributed by atoms with Crippen molar-refractivity contribution in [1.29, 1.82) is 0 Å². The van der Waals surface area contributed by atoms with Crippen LogP contribution >= 0.6 is 0 Å². The fourth-order valence-electron chi connectivity index (χ4n) is 2.10. The highest BCUT2D eigenvalue weighted by atomic mass is 16.5. The van der Waals surface area contributed by atoms with Crippen LogP contribution in [0.3, 0.4) is 0 Å². The summed E-state index contributed by atoms with van der Waals surface area (Å²) in [4.78, 5) is 0. The molecule has 0 unspecified atom stereocenters. The summed E-state index contributed by atoms with van der Waals surface area (Å²) in [5, 5.41) is 7.70. The summed E-state index contributed by atoms with van der Waals surface area (Å²) in [6.07, 6.45) is 4.19. The number of unbranched alkanes of at least 4 members (excludes halogenated alkanes) is 1. The third-order valence-electron chi connectivity index (χ3n) is 3.67. The largest absolute Gasteiger partial charge is 0.494 e. The number of hydrogen-bond acceptors (Lipinski definition) is 3. The predicted octanol–water partition coefficient (Wildman–Crippen LogP) is 3.20. The second kappa shape index (κ2) is 7.84. The lowest BCUT2D eigenvalue weighted by atomic mass is 10.2. The molecule has 21 heavy (non-hydrogen) atoms. The van der Waals surface area contributed by atoms with Gasteiger partial charge in [-0.2, -0.15) is 5.10 Å². The fourth-order valence-corrected chi connectivity index (χ4v) is 2.10. The number of nitrogens with zero attached hydrogens (tertiary/aromatic N) is 2. The molecule has 0 atom stereocenters. The van der Waals surface area contributed by atoms with Crippen LogP contribution in [0.2, 0.25) is 0 Å². The Labute approximate surface area is 127 Å². The molecule has 2 rings (SSSR count). The van der Waals surface area contributed by atoms with E-state index in [1.54, 1.807) is 0 Å². The summed E-state index contributed by atoms with van der Waals surface area (Å²) < 4.78 is 7.56. The van der Waals surface area contributed by atoms with Crippen LogP contribution in [0.5, 0.6) is 5.75 Å². The maximum atomic E-state index is 5.66. The molecule has 0 saturated carbocycles. The Morgan fingerprint density at radius 1 is 1.19 bits per heavy atom. The van der Waals surface area contributed by atoms with E-state index >= 15 is 0 Å². The average molecular weight is 287 g/mol. The molecule has 114 valence electrons. The van der Waals surface area contributed by atoms with Crippen molar-refractivity contribution in [3.8, 4) is 5.75 Å². The fraction of sp³-hybridized carbons (Fsp3) is 0.471. The van der Waals surface area contributed by atoms with Crippen molar-refractivity contribution in [3.05, 3.63) is 47.3 Å². The molecule has 0 aliphatic carbocycles. The Hall–Kier alpha value is -1.81. The summed E-state index contributed by atoms with van der Waals surface area (Å²) >= 11 is 0. The highest BCUT2D eigenvalue weighted by Gasteiger charge is 2.03. The molecule has 1 aromatic heterocycles. The zero-order chi connectivity index (χ0) is 15.1. The average Bonchev–Trinajstić information content (AvgIpc) is 2.81. The van der Waals surface area contributed by atoms with Gasteiger partial charge in [-0.25, -0.2) is 0 Å². The topological polar surface area (TPSA) is 39.1 Å². The molecular formula is C17H25N3O. The van der Waals surface area contributed by atoms with Crippen molar-refractivity contribution < 1.29 is 4.74 Å². The van der Waals surface area contributed by atoms with Gasteiger partial charge in [-0.05, 0) is 31.0 Å². The van der Waals surface area contributed by atoms with Gasteiger partial charge in [-0.1, -0.05) is 25.5 Å². The molecule has 0 fully saturated rings. The molecule has 4 nitrogen and oxygen atoms in total. The second-order valence-electron chi connectivity index (χ2n) is 5.33. The van der Waals surface area contributed by atoms with Crippen molar-refractivity contribution >= 4 is 0 Å². The second-order valence-corrected chi connectivity index (χ2v) is 5.33. The molecule has 1 N–H and O–H groups in total. The van der Waals surface area contributed by atoms with Gasteiger partial charge in [-0.15, -0.1) is 0 Å². The number of ether oxygens (including phenoxy) is 1. The molecule has 2 aromatic rings. The zero-order valence-corrected chi connectivity index (χ0v) is 13.2. The number of rotatable bonds is 8. The summed E-state index contributed by atoms with van der Waals surface area (Å²) in [5.74, 6) is 0.954. The van der Waals surface area contributed by atoms with E-state index < -0.39 is 0 Å². The molecule has 4 heteroatoms. The van der Waals surface area contributed by atoms with Gasteiger partial charge in [0.1, 0.15) is 5.75 Å². The Kier molecular flexibility index (Phi) is 5.81. The lowest BCUT2D eigenvalue weighted by molar-refractivity contribution is 0.309. The summed E-state index contributed by atoms with van der Waals surface area (Å²) in [6.45, 7) is 6.75. The standard InChI is InChI=1S/C17H25N3O/c1-4-5-10-21-17-8-6-15(7-9-17)11-18-12-16-13-19-20(3)14(16)2/h6-9,13,18H,4-5,10-12H2,1-3H3. The van der Waals surface area contributed by atoms with Crippen molar-refractivity contribution in [2.75, 3.05) is 6.61 Å². The highest BCUT2D eigenvalue weighted by molar-refractivity contribution is 5.27. The molecule has 0 bridgehead atoms. The Balaban J connectivity index is 1.77. The van der Waals surface area contributed by atoms with Crippen molar-refractivity contribution in [1.82, 2.24) is 15.1 Å². The van der Waals surface area contributed by atoms with Crippen molar-refractivity contribution in [3.63, 3.8) is 0 Å². The maximum absolute atomic E-state index is 5.66. The quantitative estimate of drug-likeness (QED) is 0.758. The monoisotopic (exact) mass is 287 g/mol. The van der Waals surface area contributed by atoms with Gasteiger partial charge in [0.25, 0.3) is 0 Å². The lowest BCUT2D eigenvalue weighted by Gasteiger charge is -2.08. The molecule has 0 spiro atoms. The number of aromatic nitrogens is 2. The van der Waals surface area contributed by atoms with Gasteiger partial charge < -0.3 is 10.1 Å². The molecule has 0 amide bonds. The highest BCUT2D eigenvalue weighted by Crippen LogP contribution is 2.13. The SMILES string of the molecule is CCCCOc1ccc(CNCc2cnn(C)c2C)cc1. The van der Waals surface area contributed by atoms with Gasteiger partial charge in [0, 0.05) is 31.4 Å². The van der Waals surface area contributed by atoms with Crippen LogP contribution in [0.15, 0.2) is 30.5 Å². The van der Waals surface area contributed by atoms with Crippen LogP contribution in [0.1, 0.15) is 36.6 Å². The first-order chi connectivity index (χ1) is 10.2. The Bertz CT molecular complexity index is 546. The van der Waals surface area contributed by atoms with Crippen LogP contribution in [0, 0.1) is 6.92 Å². The lowest BCUT2D eigenvalue weighted by Crippen LogP contribution is -2.13. The molecule has 0 aliphatic heterocycles. The van der Waals surface area contributed by atoms with E-state index in [4.69, 9.17) is 4.74 Å². The van der Waals surface area contributed by atoms with Gasteiger partial charge in [0.15, 0.2) is 0 Å². The van der Waals surface area contributed by atoms with E-state index in [1.165, 1.54) is 16.8 Å². The third-order valence-corrected chi connectivity index (χ3v) is 3.67. The molecule has 1 heterocycles. The van der Waals surface area contributed by atoms with Gasteiger partial charge in [0.2, 0.25) is 0 Å². The van der Waals surface area contributed by atoms with Gasteiger partial charge >= 0.3 is 0 Å². The number of aryl methyl sites for hydroxylation is 1. The van der Waals surface area contributed by atoms with E-state index in [1.807, 2.05) is 30.1 Å². The van der Waals surface area contributed by atoms with Crippen LogP contribution in [0.25, 0.3) is 0 Å².